The van der Waals surface area contributed by atoms with E-state index in [0.717, 1.165) is 23.5 Å². The van der Waals surface area contributed by atoms with Crippen molar-refractivity contribution in [2.45, 2.75) is 58.7 Å². The standard InChI is InChI=1S/C20H32BN3O2/c1-6-14-11-16(14)12-24(23)13-18(22)15-7-9-17(10-8-15)21-25-19(2,3)20(4,5)26-21/h7-10,13-14,16H,6,11-12,22-23H2,1-5H3/b18-13-. The second-order valence-electron chi connectivity index (χ2n) is 8.66. The SMILES string of the molecule is CCC1CC1CN(N)/C=C(\N)c1ccc(B2OC(C)(C)C(C)(C)O2)cc1. The van der Waals surface area contributed by atoms with Crippen molar-refractivity contribution in [3.63, 3.8) is 0 Å². The quantitative estimate of drug-likeness (QED) is 0.465. The van der Waals surface area contributed by atoms with E-state index >= 15 is 0 Å². The lowest BCUT2D eigenvalue weighted by atomic mass is 9.79. The minimum absolute atomic E-state index is 0.339. The Bertz CT molecular complexity index is 656. The number of hydrazine groups is 1. The molecule has 1 aliphatic carbocycles. The van der Waals surface area contributed by atoms with Gasteiger partial charge < -0.3 is 20.1 Å². The predicted molar refractivity (Wildman–Crippen MR) is 107 cm³/mol. The molecule has 4 N–H and O–H groups in total. The van der Waals surface area contributed by atoms with Crippen LogP contribution in [0.3, 0.4) is 0 Å². The van der Waals surface area contributed by atoms with Crippen molar-refractivity contribution in [3.05, 3.63) is 36.0 Å². The third kappa shape index (κ3) is 3.92. The Morgan fingerprint density at radius 1 is 1.15 bits per heavy atom. The monoisotopic (exact) mass is 357 g/mol. The molecular weight excluding hydrogens is 325 g/mol. The van der Waals surface area contributed by atoms with Crippen molar-refractivity contribution in [2.24, 2.45) is 23.4 Å². The molecule has 0 bridgehead atoms. The Morgan fingerprint density at radius 3 is 2.23 bits per heavy atom. The molecule has 5 nitrogen and oxygen atoms in total. The Kier molecular flexibility index (Phi) is 5.12. The Morgan fingerprint density at radius 2 is 1.73 bits per heavy atom. The molecule has 3 rings (SSSR count). The first-order valence-electron chi connectivity index (χ1n) is 9.57. The summed E-state index contributed by atoms with van der Waals surface area (Å²) in [5.74, 6) is 7.63. The van der Waals surface area contributed by atoms with Crippen molar-refractivity contribution in [3.8, 4) is 0 Å². The Labute approximate surface area is 157 Å². The number of hydrogen-bond acceptors (Lipinski definition) is 5. The van der Waals surface area contributed by atoms with Crippen molar-refractivity contribution >= 4 is 18.3 Å². The maximum absolute atomic E-state index is 6.23. The van der Waals surface area contributed by atoms with Crippen LogP contribution in [0.5, 0.6) is 0 Å². The summed E-state index contributed by atoms with van der Waals surface area (Å²) in [6.07, 6.45) is 4.34. The summed E-state index contributed by atoms with van der Waals surface area (Å²) in [4.78, 5) is 0. The van der Waals surface area contributed by atoms with Crippen LogP contribution in [0.15, 0.2) is 30.5 Å². The number of rotatable bonds is 6. The highest BCUT2D eigenvalue weighted by molar-refractivity contribution is 6.62. The predicted octanol–water partition coefficient (Wildman–Crippen LogP) is 2.46. The van der Waals surface area contributed by atoms with Gasteiger partial charge >= 0.3 is 7.12 Å². The van der Waals surface area contributed by atoms with Gasteiger partial charge in [-0.15, -0.1) is 0 Å². The first-order valence-corrected chi connectivity index (χ1v) is 9.57. The van der Waals surface area contributed by atoms with Crippen LogP contribution in [0, 0.1) is 11.8 Å². The van der Waals surface area contributed by atoms with Crippen molar-refractivity contribution in [1.82, 2.24) is 5.01 Å². The molecule has 1 heterocycles. The highest BCUT2D eigenvalue weighted by Crippen LogP contribution is 2.41. The normalized spacial score (nSPS) is 26.8. The van der Waals surface area contributed by atoms with E-state index in [9.17, 15) is 0 Å². The van der Waals surface area contributed by atoms with Crippen molar-refractivity contribution < 1.29 is 9.31 Å². The average Bonchev–Trinajstić information content (AvgIpc) is 3.26. The lowest BCUT2D eigenvalue weighted by Crippen LogP contribution is -2.41. The van der Waals surface area contributed by atoms with Gasteiger partial charge in [0, 0.05) is 12.7 Å². The third-order valence-corrected chi connectivity index (χ3v) is 6.11. The highest BCUT2D eigenvalue weighted by atomic mass is 16.7. The van der Waals surface area contributed by atoms with Gasteiger partial charge in [-0.25, -0.2) is 5.84 Å². The molecule has 2 aliphatic rings. The van der Waals surface area contributed by atoms with E-state index in [1.807, 2.05) is 30.5 Å². The molecule has 0 aromatic heterocycles. The summed E-state index contributed by atoms with van der Waals surface area (Å²) in [6.45, 7) is 11.3. The molecule has 2 fully saturated rings. The third-order valence-electron chi connectivity index (χ3n) is 6.11. The van der Waals surface area contributed by atoms with E-state index in [4.69, 9.17) is 20.9 Å². The summed E-state index contributed by atoms with van der Waals surface area (Å²) >= 11 is 0. The van der Waals surface area contributed by atoms with Crippen LogP contribution in [-0.2, 0) is 9.31 Å². The molecule has 2 unspecified atom stereocenters. The van der Waals surface area contributed by atoms with E-state index < -0.39 is 0 Å². The van der Waals surface area contributed by atoms with E-state index in [-0.39, 0.29) is 18.3 Å². The van der Waals surface area contributed by atoms with Crippen LogP contribution in [-0.4, -0.2) is 29.9 Å². The van der Waals surface area contributed by atoms with Gasteiger partial charge in [-0.05, 0) is 57.0 Å². The second-order valence-corrected chi connectivity index (χ2v) is 8.66. The van der Waals surface area contributed by atoms with Crippen LogP contribution < -0.4 is 17.0 Å². The van der Waals surface area contributed by atoms with Crippen LogP contribution in [0.2, 0.25) is 0 Å². The summed E-state index contributed by atoms with van der Waals surface area (Å²) < 4.78 is 12.2. The first-order chi connectivity index (χ1) is 12.1. The van der Waals surface area contributed by atoms with Gasteiger partial charge in [0.2, 0.25) is 0 Å². The molecule has 1 aromatic rings. The smallest absolute Gasteiger partial charge is 0.399 e. The first kappa shape index (κ1) is 19.3. The zero-order valence-electron chi connectivity index (χ0n) is 16.7. The number of nitrogens with zero attached hydrogens (tertiary/aromatic N) is 1. The van der Waals surface area contributed by atoms with Gasteiger partial charge in [-0.1, -0.05) is 37.6 Å². The van der Waals surface area contributed by atoms with Gasteiger partial charge in [0.15, 0.2) is 0 Å². The van der Waals surface area contributed by atoms with Gasteiger partial charge in [0.25, 0.3) is 0 Å². The van der Waals surface area contributed by atoms with E-state index in [2.05, 4.69) is 34.6 Å². The molecule has 6 heteroatoms. The maximum atomic E-state index is 6.23. The Hall–Kier alpha value is -1.50. The topological polar surface area (TPSA) is 73.7 Å². The fourth-order valence-electron chi connectivity index (χ4n) is 3.42. The van der Waals surface area contributed by atoms with Gasteiger partial charge in [-0.2, -0.15) is 0 Å². The number of nitrogens with two attached hydrogens (primary N) is 2. The minimum Gasteiger partial charge on any atom is -0.399 e. The van der Waals surface area contributed by atoms with E-state index in [1.165, 1.54) is 12.8 Å². The van der Waals surface area contributed by atoms with Crippen LogP contribution in [0.1, 0.15) is 53.0 Å². The van der Waals surface area contributed by atoms with E-state index in [1.54, 1.807) is 5.01 Å². The lowest BCUT2D eigenvalue weighted by Gasteiger charge is -2.32. The zero-order valence-corrected chi connectivity index (χ0v) is 16.7. The van der Waals surface area contributed by atoms with Gasteiger partial charge in [0.1, 0.15) is 0 Å². The van der Waals surface area contributed by atoms with E-state index in [0.29, 0.717) is 11.6 Å². The summed E-state index contributed by atoms with van der Waals surface area (Å²) in [7, 11) is -0.355. The molecule has 1 aromatic carbocycles. The van der Waals surface area contributed by atoms with Crippen LogP contribution in [0.25, 0.3) is 5.70 Å². The lowest BCUT2D eigenvalue weighted by molar-refractivity contribution is 0.00578. The summed E-state index contributed by atoms with van der Waals surface area (Å²) in [6, 6.07) is 8.00. The minimum atomic E-state index is -0.355. The summed E-state index contributed by atoms with van der Waals surface area (Å²) in [5, 5.41) is 1.72. The zero-order chi connectivity index (χ0) is 19.1. The second kappa shape index (κ2) is 6.91. The largest absolute Gasteiger partial charge is 0.494 e. The molecule has 142 valence electrons. The molecule has 2 atom stereocenters. The molecule has 0 spiro atoms. The van der Waals surface area contributed by atoms with Gasteiger partial charge in [-0.3, -0.25) is 0 Å². The molecule has 1 aliphatic heterocycles. The molecular formula is C20H32BN3O2. The molecule has 0 radical (unpaired) electrons. The molecule has 26 heavy (non-hydrogen) atoms. The van der Waals surface area contributed by atoms with Crippen LogP contribution >= 0.6 is 0 Å². The summed E-state index contributed by atoms with van der Waals surface area (Å²) in [5.41, 5.74) is 8.16. The fraction of sp³-hybridized carbons (Fsp3) is 0.600. The van der Waals surface area contributed by atoms with Crippen molar-refractivity contribution in [1.29, 1.82) is 0 Å². The molecule has 1 saturated heterocycles. The Balaban J connectivity index is 1.63. The maximum Gasteiger partial charge on any atom is 0.494 e. The number of benzene rings is 1. The molecule has 1 saturated carbocycles. The number of hydrogen-bond donors (Lipinski definition) is 2. The van der Waals surface area contributed by atoms with Gasteiger partial charge in [0.05, 0.1) is 16.9 Å². The van der Waals surface area contributed by atoms with Crippen LogP contribution in [0.4, 0.5) is 0 Å². The molecule has 0 amide bonds. The van der Waals surface area contributed by atoms with Crippen molar-refractivity contribution in [2.75, 3.05) is 6.54 Å². The average molecular weight is 357 g/mol. The fourth-order valence-corrected chi connectivity index (χ4v) is 3.42. The highest BCUT2D eigenvalue weighted by Gasteiger charge is 2.51.